The molecule has 0 atom stereocenters. The molecular weight excluding hydrogens is 370 g/mol. The van der Waals surface area contributed by atoms with Crippen molar-refractivity contribution in [2.45, 2.75) is 26.7 Å². The average Bonchev–Trinajstić information content (AvgIpc) is 2.69. The van der Waals surface area contributed by atoms with Crippen LogP contribution < -0.4 is 14.2 Å². The van der Waals surface area contributed by atoms with Crippen molar-refractivity contribution < 1.29 is 24.1 Å². The zero-order chi connectivity index (χ0) is 21.4. The van der Waals surface area contributed by atoms with E-state index in [-0.39, 0.29) is 12.2 Å². The van der Waals surface area contributed by atoms with Crippen LogP contribution in [0.25, 0.3) is 6.08 Å². The fourth-order valence-electron chi connectivity index (χ4n) is 2.88. The lowest BCUT2D eigenvalue weighted by Gasteiger charge is -2.14. The lowest BCUT2D eigenvalue weighted by atomic mass is 9.98. The Kier molecular flexibility index (Phi) is 7.67. The van der Waals surface area contributed by atoms with Crippen molar-refractivity contribution in [3.63, 3.8) is 0 Å². The topological polar surface area (TPSA) is 88.8 Å². The summed E-state index contributed by atoms with van der Waals surface area (Å²) in [5.41, 5.74) is 2.56. The maximum absolute atomic E-state index is 11.1. The molecule has 29 heavy (non-hydrogen) atoms. The van der Waals surface area contributed by atoms with Crippen LogP contribution in [0.1, 0.15) is 36.5 Å². The van der Waals surface area contributed by atoms with E-state index in [9.17, 15) is 4.79 Å². The molecule has 2 rings (SSSR count). The summed E-state index contributed by atoms with van der Waals surface area (Å²) in [6.07, 6.45) is 1.27. The predicted octanol–water partition coefficient (Wildman–Crippen LogP) is 4.58. The van der Waals surface area contributed by atoms with Gasteiger partial charge in [0.15, 0.2) is 0 Å². The Hall–Kier alpha value is -3.46. The van der Waals surface area contributed by atoms with Crippen LogP contribution in [0.4, 0.5) is 0 Å². The number of hydrogen-bond donors (Lipinski definition) is 1. The Bertz CT molecular complexity index is 941. The molecule has 0 aliphatic rings. The summed E-state index contributed by atoms with van der Waals surface area (Å²) >= 11 is 0. The highest BCUT2D eigenvalue weighted by molar-refractivity contribution is 5.96. The minimum atomic E-state index is -1.29. The van der Waals surface area contributed by atoms with Gasteiger partial charge in [-0.2, -0.15) is 5.26 Å². The van der Waals surface area contributed by atoms with E-state index < -0.39 is 5.97 Å². The van der Waals surface area contributed by atoms with Crippen LogP contribution in [-0.2, 0) is 4.79 Å². The van der Waals surface area contributed by atoms with Crippen LogP contribution in [-0.4, -0.2) is 31.4 Å². The van der Waals surface area contributed by atoms with Crippen LogP contribution in [0.2, 0.25) is 0 Å². The van der Waals surface area contributed by atoms with Crippen molar-refractivity contribution in [2.24, 2.45) is 0 Å². The Labute approximate surface area is 171 Å². The summed E-state index contributed by atoms with van der Waals surface area (Å²) in [4.78, 5) is 11.1. The first-order chi connectivity index (χ1) is 13.8. The molecule has 0 bridgehead atoms. The van der Waals surface area contributed by atoms with Crippen LogP contribution >= 0.6 is 0 Å². The molecule has 0 aromatic heterocycles. The Morgan fingerprint density at radius 2 is 1.83 bits per heavy atom. The molecule has 0 saturated carbocycles. The first-order valence-electron chi connectivity index (χ1n) is 9.25. The standard InChI is InChI=1S/C23H25NO5/c1-15(2)21-8-7-20(11-16(21)3)28-9-10-29-22-13-19(27-4)6-5-17(22)12-18(14-24)23(25)26/h5-8,11-13,15H,9-10H2,1-4H3,(H,25,26). The van der Waals surface area contributed by atoms with Gasteiger partial charge in [-0.05, 0) is 54.3 Å². The second-order valence-corrected chi connectivity index (χ2v) is 6.75. The third-order valence-electron chi connectivity index (χ3n) is 4.34. The van der Waals surface area contributed by atoms with E-state index in [1.807, 2.05) is 12.1 Å². The third kappa shape index (κ3) is 6.01. The average molecular weight is 395 g/mol. The molecule has 0 radical (unpaired) electrons. The highest BCUT2D eigenvalue weighted by atomic mass is 16.5. The maximum atomic E-state index is 11.1. The van der Waals surface area contributed by atoms with Gasteiger partial charge in [0.2, 0.25) is 0 Å². The predicted molar refractivity (Wildman–Crippen MR) is 110 cm³/mol. The highest BCUT2D eigenvalue weighted by Gasteiger charge is 2.11. The van der Waals surface area contributed by atoms with Crippen molar-refractivity contribution in [3.8, 4) is 23.3 Å². The molecule has 0 heterocycles. The van der Waals surface area contributed by atoms with Gasteiger partial charge in [0.1, 0.15) is 42.1 Å². The summed E-state index contributed by atoms with van der Waals surface area (Å²) in [7, 11) is 1.53. The van der Waals surface area contributed by atoms with Gasteiger partial charge in [0.05, 0.1) is 7.11 Å². The molecule has 1 N–H and O–H groups in total. The van der Waals surface area contributed by atoms with E-state index in [1.54, 1.807) is 24.3 Å². The lowest BCUT2D eigenvalue weighted by molar-refractivity contribution is -0.132. The van der Waals surface area contributed by atoms with Crippen molar-refractivity contribution in [3.05, 3.63) is 58.7 Å². The molecule has 2 aromatic rings. The molecule has 2 aromatic carbocycles. The number of rotatable bonds is 9. The van der Waals surface area contributed by atoms with E-state index in [2.05, 4.69) is 26.8 Å². The number of hydrogen-bond acceptors (Lipinski definition) is 5. The fourth-order valence-corrected chi connectivity index (χ4v) is 2.88. The van der Waals surface area contributed by atoms with Gasteiger partial charge in [-0.25, -0.2) is 4.79 Å². The minimum absolute atomic E-state index is 0.244. The Morgan fingerprint density at radius 3 is 2.41 bits per heavy atom. The maximum Gasteiger partial charge on any atom is 0.346 e. The summed E-state index contributed by atoms with van der Waals surface area (Å²) < 4.78 is 16.7. The number of ether oxygens (including phenoxy) is 3. The van der Waals surface area contributed by atoms with E-state index in [4.69, 9.17) is 24.6 Å². The summed E-state index contributed by atoms with van der Waals surface area (Å²) in [6.45, 7) is 6.92. The van der Waals surface area contributed by atoms with Crippen molar-refractivity contribution in [1.29, 1.82) is 5.26 Å². The number of carboxylic acids is 1. The van der Waals surface area contributed by atoms with Crippen LogP contribution in [0.5, 0.6) is 17.2 Å². The van der Waals surface area contributed by atoms with Gasteiger partial charge in [0, 0.05) is 11.6 Å². The lowest BCUT2D eigenvalue weighted by Crippen LogP contribution is -2.10. The van der Waals surface area contributed by atoms with Gasteiger partial charge in [-0.1, -0.05) is 19.9 Å². The molecule has 0 unspecified atom stereocenters. The van der Waals surface area contributed by atoms with E-state index in [1.165, 1.54) is 24.3 Å². The zero-order valence-electron chi connectivity index (χ0n) is 17.1. The molecule has 0 aliphatic carbocycles. The van der Waals surface area contributed by atoms with E-state index >= 15 is 0 Å². The van der Waals surface area contributed by atoms with Gasteiger partial charge in [0.25, 0.3) is 0 Å². The van der Waals surface area contributed by atoms with Crippen LogP contribution in [0.3, 0.4) is 0 Å². The molecule has 0 amide bonds. The van der Waals surface area contributed by atoms with Crippen LogP contribution in [0, 0.1) is 18.3 Å². The van der Waals surface area contributed by atoms with Gasteiger partial charge >= 0.3 is 5.97 Å². The van der Waals surface area contributed by atoms with Gasteiger partial charge in [-0.15, -0.1) is 0 Å². The normalized spacial score (nSPS) is 11.1. The number of benzene rings is 2. The highest BCUT2D eigenvalue weighted by Crippen LogP contribution is 2.27. The number of carbonyl (C=O) groups is 1. The van der Waals surface area contributed by atoms with Crippen molar-refractivity contribution >= 4 is 12.0 Å². The number of carboxylic acid groups (broad SMARTS) is 1. The summed E-state index contributed by atoms with van der Waals surface area (Å²) in [5.74, 6) is 0.896. The molecular formula is C23H25NO5. The molecule has 6 nitrogen and oxygen atoms in total. The molecule has 0 saturated heterocycles. The minimum Gasteiger partial charge on any atom is -0.497 e. The second kappa shape index (κ2) is 10.2. The number of nitriles is 1. The van der Waals surface area contributed by atoms with E-state index in [0.717, 1.165) is 5.75 Å². The Balaban J connectivity index is 2.07. The molecule has 6 heteroatoms. The zero-order valence-corrected chi connectivity index (χ0v) is 17.1. The molecule has 0 fully saturated rings. The third-order valence-corrected chi connectivity index (χ3v) is 4.34. The van der Waals surface area contributed by atoms with Crippen molar-refractivity contribution in [2.75, 3.05) is 20.3 Å². The number of aryl methyl sites for hydroxylation is 1. The smallest absolute Gasteiger partial charge is 0.346 e. The second-order valence-electron chi connectivity index (χ2n) is 6.75. The monoisotopic (exact) mass is 395 g/mol. The summed E-state index contributed by atoms with van der Waals surface area (Å²) in [5, 5.41) is 18.0. The molecule has 152 valence electrons. The SMILES string of the molecule is COc1ccc(C=C(C#N)C(=O)O)c(OCCOc2ccc(C(C)C)c(C)c2)c1. The number of aliphatic carboxylic acids is 1. The first-order valence-corrected chi connectivity index (χ1v) is 9.25. The number of methoxy groups -OCH3 is 1. The van der Waals surface area contributed by atoms with Gasteiger partial charge in [-0.3, -0.25) is 0 Å². The van der Waals surface area contributed by atoms with Gasteiger partial charge < -0.3 is 19.3 Å². The van der Waals surface area contributed by atoms with E-state index in [0.29, 0.717) is 29.6 Å². The first kappa shape index (κ1) is 21.8. The fraction of sp³-hybridized carbons (Fsp3) is 0.304. The Morgan fingerprint density at radius 1 is 1.14 bits per heavy atom. The number of nitrogens with zero attached hydrogens (tertiary/aromatic N) is 1. The quantitative estimate of drug-likeness (QED) is 0.380. The molecule has 0 spiro atoms. The summed E-state index contributed by atoms with van der Waals surface area (Å²) in [6, 6.07) is 12.6. The largest absolute Gasteiger partial charge is 0.497 e. The molecule has 0 aliphatic heterocycles. The van der Waals surface area contributed by atoms with Crippen LogP contribution in [0.15, 0.2) is 42.0 Å². The van der Waals surface area contributed by atoms with Crippen molar-refractivity contribution in [1.82, 2.24) is 0 Å².